The lowest BCUT2D eigenvalue weighted by Crippen LogP contribution is -2.37. The maximum absolute atomic E-state index is 5.49. The molecule has 1 N–H and O–H groups in total. The molecular formula is C23H26N4O. The summed E-state index contributed by atoms with van der Waals surface area (Å²) < 4.78 is 5.49. The van der Waals surface area contributed by atoms with Crippen molar-refractivity contribution >= 4 is 11.8 Å². The third-order valence-corrected chi connectivity index (χ3v) is 4.89. The first-order valence-electron chi connectivity index (χ1n) is 9.93. The second-order valence-electron chi connectivity index (χ2n) is 6.92. The third-order valence-electron chi connectivity index (χ3n) is 4.89. The van der Waals surface area contributed by atoms with Crippen molar-refractivity contribution in [2.45, 2.75) is 12.8 Å². The number of nitrogens with one attached hydrogen (secondary N) is 1. The first kappa shape index (κ1) is 18.4. The van der Waals surface area contributed by atoms with Gasteiger partial charge in [-0.2, -0.15) is 4.98 Å². The highest BCUT2D eigenvalue weighted by atomic mass is 16.5. The summed E-state index contributed by atoms with van der Waals surface area (Å²) in [5, 5.41) is 3.42. The van der Waals surface area contributed by atoms with Gasteiger partial charge >= 0.3 is 0 Å². The Hall–Kier alpha value is -2.92. The summed E-state index contributed by atoms with van der Waals surface area (Å²) in [6, 6.07) is 22.9. The van der Waals surface area contributed by atoms with Gasteiger partial charge in [-0.15, -0.1) is 0 Å². The van der Waals surface area contributed by atoms with Crippen LogP contribution in [0.2, 0.25) is 0 Å². The summed E-state index contributed by atoms with van der Waals surface area (Å²) in [5.41, 5.74) is 3.41. The first-order chi connectivity index (χ1) is 13.9. The number of benzene rings is 2. The molecule has 1 aliphatic rings. The molecule has 0 radical (unpaired) electrons. The Kier molecular flexibility index (Phi) is 6.15. The van der Waals surface area contributed by atoms with Gasteiger partial charge in [-0.1, -0.05) is 60.7 Å². The molecule has 0 unspecified atom stereocenters. The predicted molar refractivity (Wildman–Crippen MR) is 114 cm³/mol. The maximum Gasteiger partial charge on any atom is 0.225 e. The molecule has 3 aromatic rings. The topological polar surface area (TPSA) is 50.3 Å². The van der Waals surface area contributed by atoms with Crippen LogP contribution >= 0.6 is 0 Å². The smallest absolute Gasteiger partial charge is 0.225 e. The van der Waals surface area contributed by atoms with E-state index in [1.165, 1.54) is 5.56 Å². The van der Waals surface area contributed by atoms with Crippen molar-refractivity contribution in [1.82, 2.24) is 9.97 Å². The van der Waals surface area contributed by atoms with Crippen LogP contribution in [0.1, 0.15) is 12.0 Å². The molecular weight excluding hydrogens is 348 g/mol. The van der Waals surface area contributed by atoms with Crippen LogP contribution in [0.5, 0.6) is 0 Å². The number of morpholine rings is 1. The van der Waals surface area contributed by atoms with E-state index >= 15 is 0 Å². The lowest BCUT2D eigenvalue weighted by atomic mass is 10.1. The SMILES string of the molecule is c1ccc(CCCNc2nc(-c3ccccc3)cc(N3CCOCC3)n2)cc1. The molecule has 0 spiro atoms. The summed E-state index contributed by atoms with van der Waals surface area (Å²) in [7, 11) is 0. The predicted octanol–water partition coefficient (Wildman–Crippen LogP) is 4.02. The highest BCUT2D eigenvalue weighted by molar-refractivity contribution is 5.64. The van der Waals surface area contributed by atoms with Gasteiger partial charge in [0.2, 0.25) is 5.95 Å². The lowest BCUT2D eigenvalue weighted by molar-refractivity contribution is 0.122. The highest BCUT2D eigenvalue weighted by Gasteiger charge is 2.15. The van der Waals surface area contributed by atoms with Crippen molar-refractivity contribution in [1.29, 1.82) is 0 Å². The standard InChI is InChI=1S/C23H26N4O/c1-3-8-19(9-4-1)10-7-13-24-23-25-21(20-11-5-2-6-12-20)18-22(26-23)27-14-16-28-17-15-27/h1-6,8-9,11-12,18H,7,10,13-17H2,(H,24,25,26). The number of nitrogens with zero attached hydrogens (tertiary/aromatic N) is 3. The van der Waals surface area contributed by atoms with Gasteiger partial charge in [0, 0.05) is 31.3 Å². The van der Waals surface area contributed by atoms with Crippen molar-refractivity contribution in [3.63, 3.8) is 0 Å². The van der Waals surface area contributed by atoms with Gasteiger partial charge < -0.3 is 15.0 Å². The summed E-state index contributed by atoms with van der Waals surface area (Å²) in [6.07, 6.45) is 2.08. The molecule has 1 aliphatic heterocycles. The Bertz CT molecular complexity index is 864. The zero-order valence-electron chi connectivity index (χ0n) is 16.1. The molecule has 5 heteroatoms. The second-order valence-corrected chi connectivity index (χ2v) is 6.92. The highest BCUT2D eigenvalue weighted by Crippen LogP contribution is 2.24. The fourth-order valence-corrected chi connectivity index (χ4v) is 3.36. The fraction of sp³-hybridized carbons (Fsp3) is 0.304. The molecule has 1 aromatic heterocycles. The fourth-order valence-electron chi connectivity index (χ4n) is 3.36. The molecule has 2 heterocycles. The Morgan fingerprint density at radius 1 is 0.893 bits per heavy atom. The van der Waals surface area contributed by atoms with Gasteiger partial charge in [-0.05, 0) is 18.4 Å². The number of aromatic nitrogens is 2. The number of rotatable bonds is 7. The number of hydrogen-bond acceptors (Lipinski definition) is 5. The Balaban J connectivity index is 1.48. The van der Waals surface area contributed by atoms with Gasteiger partial charge in [0.25, 0.3) is 0 Å². The van der Waals surface area contributed by atoms with E-state index in [-0.39, 0.29) is 0 Å². The maximum atomic E-state index is 5.49. The second kappa shape index (κ2) is 9.33. The van der Waals surface area contributed by atoms with E-state index in [9.17, 15) is 0 Å². The van der Waals surface area contributed by atoms with E-state index in [0.717, 1.165) is 62.8 Å². The van der Waals surface area contributed by atoms with Crippen molar-refractivity contribution in [2.24, 2.45) is 0 Å². The third kappa shape index (κ3) is 4.87. The molecule has 0 aliphatic carbocycles. The van der Waals surface area contributed by atoms with E-state index in [1.807, 2.05) is 18.2 Å². The van der Waals surface area contributed by atoms with E-state index < -0.39 is 0 Å². The lowest BCUT2D eigenvalue weighted by Gasteiger charge is -2.28. The Morgan fingerprint density at radius 3 is 2.36 bits per heavy atom. The van der Waals surface area contributed by atoms with Crippen LogP contribution in [0.3, 0.4) is 0 Å². The van der Waals surface area contributed by atoms with Crippen LogP contribution in [-0.2, 0) is 11.2 Å². The Labute approximate surface area is 166 Å². The van der Waals surface area contributed by atoms with Crippen molar-refractivity contribution in [3.8, 4) is 11.3 Å². The monoisotopic (exact) mass is 374 g/mol. The summed E-state index contributed by atoms with van der Waals surface area (Å²) in [5.74, 6) is 1.65. The zero-order valence-corrected chi connectivity index (χ0v) is 16.1. The normalized spacial score (nSPS) is 14.1. The zero-order chi connectivity index (χ0) is 19.0. The minimum Gasteiger partial charge on any atom is -0.378 e. The van der Waals surface area contributed by atoms with Crippen LogP contribution in [0.15, 0.2) is 66.7 Å². The van der Waals surface area contributed by atoms with Gasteiger partial charge in [-0.25, -0.2) is 4.98 Å². The summed E-state index contributed by atoms with van der Waals surface area (Å²) in [4.78, 5) is 11.8. The molecule has 0 bridgehead atoms. The molecule has 1 saturated heterocycles. The molecule has 1 fully saturated rings. The molecule has 2 aromatic carbocycles. The Morgan fingerprint density at radius 2 is 1.61 bits per heavy atom. The largest absolute Gasteiger partial charge is 0.378 e. The van der Waals surface area contributed by atoms with Crippen molar-refractivity contribution < 1.29 is 4.74 Å². The molecule has 0 atom stereocenters. The van der Waals surface area contributed by atoms with Gasteiger partial charge in [-0.3, -0.25) is 0 Å². The minimum absolute atomic E-state index is 0.691. The summed E-state index contributed by atoms with van der Waals surface area (Å²) >= 11 is 0. The molecule has 5 nitrogen and oxygen atoms in total. The van der Waals surface area contributed by atoms with Crippen LogP contribution in [0.4, 0.5) is 11.8 Å². The van der Waals surface area contributed by atoms with E-state index in [0.29, 0.717) is 5.95 Å². The average molecular weight is 374 g/mol. The molecule has 144 valence electrons. The number of hydrogen-bond donors (Lipinski definition) is 1. The average Bonchev–Trinajstić information content (AvgIpc) is 2.78. The molecule has 28 heavy (non-hydrogen) atoms. The van der Waals surface area contributed by atoms with Crippen LogP contribution in [0, 0.1) is 0 Å². The number of aryl methyl sites for hydroxylation is 1. The van der Waals surface area contributed by atoms with Crippen LogP contribution < -0.4 is 10.2 Å². The van der Waals surface area contributed by atoms with Gasteiger partial charge in [0.05, 0.1) is 18.9 Å². The van der Waals surface area contributed by atoms with Gasteiger partial charge in [0.1, 0.15) is 5.82 Å². The molecule has 4 rings (SSSR count). The first-order valence-corrected chi connectivity index (χ1v) is 9.93. The van der Waals surface area contributed by atoms with E-state index in [1.54, 1.807) is 0 Å². The molecule has 0 saturated carbocycles. The molecule has 0 amide bonds. The number of ether oxygens (including phenoxy) is 1. The summed E-state index contributed by atoms with van der Waals surface area (Å²) in [6.45, 7) is 4.04. The van der Waals surface area contributed by atoms with Crippen LogP contribution in [-0.4, -0.2) is 42.8 Å². The minimum atomic E-state index is 0.691. The van der Waals surface area contributed by atoms with Gasteiger partial charge in [0.15, 0.2) is 0 Å². The van der Waals surface area contributed by atoms with E-state index in [4.69, 9.17) is 14.7 Å². The van der Waals surface area contributed by atoms with Crippen LogP contribution in [0.25, 0.3) is 11.3 Å². The van der Waals surface area contributed by atoms with Crippen molar-refractivity contribution in [2.75, 3.05) is 43.1 Å². The quantitative estimate of drug-likeness (QED) is 0.633. The van der Waals surface area contributed by atoms with Crippen molar-refractivity contribution in [3.05, 3.63) is 72.3 Å². The van der Waals surface area contributed by atoms with E-state index in [2.05, 4.69) is 58.7 Å². The number of anilines is 2.